The number of hydrogen-bond donors (Lipinski definition) is 2. The molecule has 3 N–H and O–H groups in total. The zero-order chi connectivity index (χ0) is 5.82. The van der Waals surface area contributed by atoms with Crippen LogP contribution in [0, 0.1) is 0 Å². The summed E-state index contributed by atoms with van der Waals surface area (Å²) in [4.78, 5) is 0. The van der Waals surface area contributed by atoms with E-state index in [4.69, 9.17) is 5.73 Å². The lowest BCUT2D eigenvalue weighted by atomic mass is 10.2. The third-order valence-corrected chi connectivity index (χ3v) is 1.68. The van der Waals surface area contributed by atoms with Crippen molar-refractivity contribution in [2.45, 2.75) is 25.3 Å². The Hall–Kier alpha value is 0.500. The Balaban J connectivity index is 0. The molecule has 0 aromatic rings. The molecule has 1 heterocycles. The number of hydrogen-bond acceptors (Lipinski definition) is 2. The van der Waals surface area contributed by atoms with Gasteiger partial charge >= 0.3 is 0 Å². The second-order valence-corrected chi connectivity index (χ2v) is 2.37. The zero-order valence-corrected chi connectivity index (χ0v) is 7.64. The van der Waals surface area contributed by atoms with Gasteiger partial charge < -0.3 is 11.1 Å². The van der Waals surface area contributed by atoms with Gasteiger partial charge in [0.25, 0.3) is 0 Å². The van der Waals surface area contributed by atoms with Crippen LogP contribution in [-0.4, -0.2) is 19.1 Å². The van der Waals surface area contributed by atoms with E-state index in [0.29, 0.717) is 0 Å². The van der Waals surface area contributed by atoms with Crippen LogP contribution in [-0.2, 0) is 0 Å². The van der Waals surface area contributed by atoms with Crippen LogP contribution in [0.4, 0.5) is 0 Å². The lowest BCUT2D eigenvalue weighted by Crippen LogP contribution is -2.24. The van der Waals surface area contributed by atoms with E-state index in [1.807, 2.05) is 0 Å². The Kier molecular flexibility index (Phi) is 9.97. The van der Waals surface area contributed by atoms with Crippen molar-refractivity contribution in [3.05, 3.63) is 0 Å². The maximum absolute atomic E-state index is 5.37. The molecule has 0 bridgehead atoms. The van der Waals surface area contributed by atoms with E-state index in [-0.39, 0.29) is 24.8 Å². The van der Waals surface area contributed by atoms with Crippen LogP contribution in [0.3, 0.4) is 0 Å². The van der Waals surface area contributed by atoms with Crippen molar-refractivity contribution in [3.8, 4) is 0 Å². The molecule has 1 atom stereocenters. The second kappa shape index (κ2) is 7.61. The summed E-state index contributed by atoms with van der Waals surface area (Å²) < 4.78 is 0. The molecule has 1 rings (SSSR count). The van der Waals surface area contributed by atoms with Gasteiger partial charge in [-0.05, 0) is 32.4 Å². The monoisotopic (exact) mass is 186 g/mol. The van der Waals surface area contributed by atoms with Gasteiger partial charge in [0.05, 0.1) is 0 Å². The van der Waals surface area contributed by atoms with Crippen LogP contribution in [0.1, 0.15) is 19.3 Å². The number of nitrogens with two attached hydrogens (primary N) is 1. The van der Waals surface area contributed by atoms with E-state index in [1.165, 1.54) is 19.4 Å². The lowest BCUT2D eigenvalue weighted by Gasteiger charge is -2.05. The molecule has 0 aliphatic carbocycles. The van der Waals surface area contributed by atoms with E-state index < -0.39 is 0 Å². The van der Waals surface area contributed by atoms with Gasteiger partial charge in [-0.3, -0.25) is 0 Å². The molecule has 0 radical (unpaired) electrons. The average molecular weight is 187 g/mol. The first-order valence-electron chi connectivity index (χ1n) is 3.37. The quantitative estimate of drug-likeness (QED) is 0.674. The fourth-order valence-corrected chi connectivity index (χ4v) is 1.20. The Labute approximate surface area is 74.8 Å². The molecular weight excluding hydrogens is 171 g/mol. The van der Waals surface area contributed by atoms with Crippen molar-refractivity contribution < 1.29 is 0 Å². The average Bonchev–Trinajstić information content (AvgIpc) is 2.19. The van der Waals surface area contributed by atoms with Gasteiger partial charge in [0.1, 0.15) is 0 Å². The molecule has 64 valence electrons. The summed E-state index contributed by atoms with van der Waals surface area (Å²) in [6, 6.07) is 0.736. The predicted octanol–water partition coefficient (Wildman–Crippen LogP) is 0.931. The molecule has 0 aromatic carbocycles. The molecule has 1 aliphatic rings. The minimum atomic E-state index is 0. The lowest BCUT2D eigenvalue weighted by molar-refractivity contribution is 0.566. The van der Waals surface area contributed by atoms with Crippen molar-refractivity contribution >= 4 is 24.8 Å². The fourth-order valence-electron chi connectivity index (χ4n) is 1.20. The maximum atomic E-state index is 5.37. The van der Waals surface area contributed by atoms with Crippen LogP contribution < -0.4 is 11.1 Å². The molecule has 0 aromatic heterocycles. The van der Waals surface area contributed by atoms with Gasteiger partial charge in [0.2, 0.25) is 0 Å². The van der Waals surface area contributed by atoms with Crippen molar-refractivity contribution in [1.82, 2.24) is 5.32 Å². The highest BCUT2D eigenvalue weighted by atomic mass is 35.5. The van der Waals surface area contributed by atoms with Crippen LogP contribution in [0.25, 0.3) is 0 Å². The number of nitrogens with one attached hydrogen (secondary N) is 1. The van der Waals surface area contributed by atoms with Crippen molar-refractivity contribution in [2.75, 3.05) is 13.1 Å². The first kappa shape index (κ1) is 13.1. The Bertz CT molecular complexity index is 64.8. The maximum Gasteiger partial charge on any atom is 0.00795 e. The summed E-state index contributed by atoms with van der Waals surface area (Å²) >= 11 is 0. The molecule has 0 spiro atoms. The van der Waals surface area contributed by atoms with Crippen LogP contribution in [0.5, 0.6) is 0 Å². The molecule has 1 fully saturated rings. The SMILES string of the molecule is Cl.Cl.NCC[C@H]1CCCN1. The minimum absolute atomic E-state index is 0. The second-order valence-electron chi connectivity index (χ2n) is 2.37. The van der Waals surface area contributed by atoms with Gasteiger partial charge in [-0.2, -0.15) is 0 Å². The molecule has 0 saturated carbocycles. The van der Waals surface area contributed by atoms with Crippen LogP contribution >= 0.6 is 24.8 Å². The van der Waals surface area contributed by atoms with E-state index in [2.05, 4.69) is 5.32 Å². The summed E-state index contributed by atoms with van der Waals surface area (Å²) in [5.41, 5.74) is 5.37. The molecular formula is C6H16Cl2N2. The van der Waals surface area contributed by atoms with Gasteiger partial charge in [0.15, 0.2) is 0 Å². The fraction of sp³-hybridized carbons (Fsp3) is 1.00. The molecule has 1 saturated heterocycles. The van der Waals surface area contributed by atoms with Gasteiger partial charge in [-0.15, -0.1) is 24.8 Å². The molecule has 0 amide bonds. The minimum Gasteiger partial charge on any atom is -0.330 e. The zero-order valence-electron chi connectivity index (χ0n) is 6.01. The van der Waals surface area contributed by atoms with E-state index in [0.717, 1.165) is 19.0 Å². The Morgan fingerprint density at radius 2 is 2.10 bits per heavy atom. The van der Waals surface area contributed by atoms with Gasteiger partial charge in [-0.25, -0.2) is 0 Å². The number of rotatable bonds is 2. The molecule has 2 nitrogen and oxygen atoms in total. The van der Waals surface area contributed by atoms with Gasteiger partial charge in [-0.1, -0.05) is 0 Å². The van der Waals surface area contributed by atoms with Crippen molar-refractivity contribution in [2.24, 2.45) is 5.73 Å². The summed E-state index contributed by atoms with van der Waals surface area (Å²) in [6.07, 6.45) is 3.82. The first-order valence-corrected chi connectivity index (χ1v) is 3.37. The van der Waals surface area contributed by atoms with Crippen molar-refractivity contribution in [3.63, 3.8) is 0 Å². The van der Waals surface area contributed by atoms with Gasteiger partial charge in [0, 0.05) is 6.04 Å². The van der Waals surface area contributed by atoms with E-state index in [9.17, 15) is 0 Å². The molecule has 0 unspecified atom stereocenters. The number of halogens is 2. The largest absolute Gasteiger partial charge is 0.330 e. The molecule has 10 heavy (non-hydrogen) atoms. The van der Waals surface area contributed by atoms with E-state index >= 15 is 0 Å². The summed E-state index contributed by atoms with van der Waals surface area (Å²) in [5.74, 6) is 0. The predicted molar refractivity (Wildman–Crippen MR) is 49.2 cm³/mol. The topological polar surface area (TPSA) is 38.0 Å². The third kappa shape index (κ3) is 4.34. The smallest absolute Gasteiger partial charge is 0.00795 e. The van der Waals surface area contributed by atoms with E-state index in [1.54, 1.807) is 0 Å². The standard InChI is InChI=1S/C6H14N2.2ClH/c7-4-3-6-2-1-5-8-6;;/h6,8H,1-5,7H2;2*1H/t6-;;/m1../s1. The highest BCUT2D eigenvalue weighted by Crippen LogP contribution is 2.06. The highest BCUT2D eigenvalue weighted by Gasteiger charge is 2.11. The highest BCUT2D eigenvalue weighted by molar-refractivity contribution is 5.85. The Morgan fingerprint density at radius 3 is 2.50 bits per heavy atom. The Morgan fingerprint density at radius 1 is 1.40 bits per heavy atom. The summed E-state index contributed by atoms with van der Waals surface area (Å²) in [6.45, 7) is 2.03. The van der Waals surface area contributed by atoms with Crippen LogP contribution in [0.15, 0.2) is 0 Å². The molecule has 4 heteroatoms. The summed E-state index contributed by atoms with van der Waals surface area (Å²) in [7, 11) is 0. The third-order valence-electron chi connectivity index (χ3n) is 1.68. The molecule has 1 aliphatic heterocycles. The van der Waals surface area contributed by atoms with Crippen molar-refractivity contribution in [1.29, 1.82) is 0 Å². The first-order chi connectivity index (χ1) is 3.93. The van der Waals surface area contributed by atoms with Crippen LogP contribution in [0.2, 0.25) is 0 Å². The normalized spacial score (nSPS) is 23.1. The summed E-state index contributed by atoms with van der Waals surface area (Å²) in [5, 5.41) is 3.38.